The Balaban J connectivity index is 2.30. The van der Waals surface area contributed by atoms with Crippen LogP contribution in [0.5, 0.6) is 0 Å². The number of hydrogen-bond donors (Lipinski definition) is 1. The summed E-state index contributed by atoms with van der Waals surface area (Å²) in [5, 5.41) is 9.35. The van der Waals surface area contributed by atoms with Crippen molar-refractivity contribution in [2.75, 3.05) is 13.2 Å². The molecular formula is C12H14ClFO2. The Morgan fingerprint density at radius 1 is 1.50 bits per heavy atom. The SMILES string of the molecule is OCC1CCCOC1c1cccc(Cl)c1F. The van der Waals surface area contributed by atoms with Crippen molar-refractivity contribution < 1.29 is 14.2 Å². The molecule has 0 saturated carbocycles. The number of benzene rings is 1. The molecule has 16 heavy (non-hydrogen) atoms. The van der Waals surface area contributed by atoms with Crippen LogP contribution in [0.3, 0.4) is 0 Å². The second kappa shape index (κ2) is 5.13. The average molecular weight is 245 g/mol. The normalized spacial score (nSPS) is 25.7. The van der Waals surface area contributed by atoms with E-state index in [-0.39, 0.29) is 23.7 Å². The molecule has 1 N–H and O–H groups in total. The molecule has 2 nitrogen and oxygen atoms in total. The average Bonchev–Trinajstić information content (AvgIpc) is 2.33. The van der Waals surface area contributed by atoms with E-state index in [2.05, 4.69) is 0 Å². The molecule has 1 heterocycles. The largest absolute Gasteiger partial charge is 0.396 e. The number of rotatable bonds is 2. The van der Waals surface area contributed by atoms with E-state index in [1.165, 1.54) is 6.07 Å². The molecule has 0 amide bonds. The van der Waals surface area contributed by atoms with Crippen molar-refractivity contribution in [1.82, 2.24) is 0 Å². The summed E-state index contributed by atoms with van der Waals surface area (Å²) in [4.78, 5) is 0. The minimum atomic E-state index is -0.436. The molecule has 1 fully saturated rings. The number of aliphatic hydroxyl groups excluding tert-OH is 1. The summed E-state index contributed by atoms with van der Waals surface area (Å²) in [7, 11) is 0. The van der Waals surface area contributed by atoms with Crippen molar-refractivity contribution in [3.8, 4) is 0 Å². The molecule has 88 valence electrons. The molecule has 4 heteroatoms. The molecule has 0 bridgehead atoms. The molecule has 0 aromatic heterocycles. The maximum Gasteiger partial charge on any atom is 0.147 e. The fourth-order valence-corrected chi connectivity index (χ4v) is 2.30. The Kier molecular flexibility index (Phi) is 3.79. The standard InChI is InChI=1S/C12H14ClFO2/c13-10-5-1-4-9(11(10)14)12-8(7-15)3-2-6-16-12/h1,4-5,8,12,15H,2-3,6-7H2. The summed E-state index contributed by atoms with van der Waals surface area (Å²) in [6.45, 7) is 0.615. The van der Waals surface area contributed by atoms with E-state index in [4.69, 9.17) is 16.3 Å². The van der Waals surface area contributed by atoms with E-state index in [1.807, 2.05) is 0 Å². The third-order valence-corrected chi connectivity index (χ3v) is 3.26. The Morgan fingerprint density at radius 2 is 2.31 bits per heavy atom. The maximum atomic E-state index is 13.8. The van der Waals surface area contributed by atoms with Crippen LogP contribution in [0.4, 0.5) is 4.39 Å². The van der Waals surface area contributed by atoms with Crippen LogP contribution < -0.4 is 0 Å². The van der Waals surface area contributed by atoms with Gasteiger partial charge in [-0.3, -0.25) is 0 Å². The van der Waals surface area contributed by atoms with Crippen molar-refractivity contribution in [3.63, 3.8) is 0 Å². The van der Waals surface area contributed by atoms with Gasteiger partial charge < -0.3 is 9.84 Å². The fraction of sp³-hybridized carbons (Fsp3) is 0.500. The van der Waals surface area contributed by atoms with Gasteiger partial charge in [-0.1, -0.05) is 23.7 Å². The van der Waals surface area contributed by atoms with Crippen LogP contribution in [0.25, 0.3) is 0 Å². The van der Waals surface area contributed by atoms with Gasteiger partial charge in [0.1, 0.15) is 5.82 Å². The fourth-order valence-electron chi connectivity index (χ4n) is 2.11. The van der Waals surface area contributed by atoms with Crippen LogP contribution in [0, 0.1) is 11.7 Å². The molecule has 1 saturated heterocycles. The quantitative estimate of drug-likeness (QED) is 0.867. The molecule has 2 unspecified atom stereocenters. The second-order valence-electron chi connectivity index (χ2n) is 4.02. The Labute approximate surface area is 99.0 Å². The topological polar surface area (TPSA) is 29.5 Å². The third-order valence-electron chi connectivity index (χ3n) is 2.97. The van der Waals surface area contributed by atoms with Gasteiger partial charge in [0.15, 0.2) is 0 Å². The molecule has 2 rings (SSSR count). The number of aliphatic hydroxyl groups is 1. The summed E-state index contributed by atoms with van der Waals surface area (Å²) >= 11 is 5.73. The van der Waals surface area contributed by atoms with Gasteiger partial charge in [0.25, 0.3) is 0 Å². The van der Waals surface area contributed by atoms with Gasteiger partial charge >= 0.3 is 0 Å². The Bertz CT molecular complexity index is 370. The van der Waals surface area contributed by atoms with E-state index < -0.39 is 5.82 Å². The van der Waals surface area contributed by atoms with Crippen molar-refractivity contribution in [2.24, 2.45) is 5.92 Å². The molecule has 0 aliphatic carbocycles. The van der Waals surface area contributed by atoms with Gasteiger partial charge in [-0.2, -0.15) is 0 Å². The second-order valence-corrected chi connectivity index (χ2v) is 4.43. The van der Waals surface area contributed by atoms with Gasteiger partial charge in [0.2, 0.25) is 0 Å². The molecule has 0 spiro atoms. The van der Waals surface area contributed by atoms with Crippen molar-refractivity contribution in [1.29, 1.82) is 0 Å². The van der Waals surface area contributed by atoms with Gasteiger partial charge in [-0.25, -0.2) is 4.39 Å². The highest BCUT2D eigenvalue weighted by Gasteiger charge is 2.29. The van der Waals surface area contributed by atoms with E-state index in [1.54, 1.807) is 12.1 Å². The zero-order valence-corrected chi connectivity index (χ0v) is 9.58. The third kappa shape index (κ3) is 2.21. The minimum Gasteiger partial charge on any atom is -0.396 e. The highest BCUT2D eigenvalue weighted by Crippen LogP contribution is 2.36. The molecule has 1 aliphatic heterocycles. The zero-order valence-electron chi connectivity index (χ0n) is 8.83. The number of halogens is 2. The first-order valence-electron chi connectivity index (χ1n) is 5.40. The molecular weight excluding hydrogens is 231 g/mol. The monoisotopic (exact) mass is 244 g/mol. The van der Waals surface area contributed by atoms with Gasteiger partial charge in [0, 0.05) is 24.7 Å². The first-order chi connectivity index (χ1) is 7.74. The highest BCUT2D eigenvalue weighted by molar-refractivity contribution is 6.30. The van der Waals surface area contributed by atoms with E-state index in [0.717, 1.165) is 12.8 Å². The number of hydrogen-bond acceptors (Lipinski definition) is 2. The smallest absolute Gasteiger partial charge is 0.147 e. The first-order valence-corrected chi connectivity index (χ1v) is 5.78. The zero-order chi connectivity index (χ0) is 11.5. The molecule has 1 aromatic rings. The predicted molar refractivity (Wildman–Crippen MR) is 59.9 cm³/mol. The van der Waals surface area contributed by atoms with Gasteiger partial charge in [0.05, 0.1) is 11.1 Å². The van der Waals surface area contributed by atoms with Crippen LogP contribution in [0.15, 0.2) is 18.2 Å². The van der Waals surface area contributed by atoms with Crippen LogP contribution in [0.1, 0.15) is 24.5 Å². The Hall–Kier alpha value is -0.640. The van der Waals surface area contributed by atoms with Crippen LogP contribution in [-0.2, 0) is 4.74 Å². The lowest BCUT2D eigenvalue weighted by molar-refractivity contribution is -0.0473. The summed E-state index contributed by atoms with van der Waals surface area (Å²) in [6, 6.07) is 4.88. The lowest BCUT2D eigenvalue weighted by Crippen LogP contribution is -2.26. The molecule has 1 aromatic carbocycles. The van der Waals surface area contributed by atoms with Gasteiger partial charge in [-0.15, -0.1) is 0 Å². The van der Waals surface area contributed by atoms with Gasteiger partial charge in [-0.05, 0) is 18.9 Å². The summed E-state index contributed by atoms with van der Waals surface area (Å²) in [5.41, 5.74) is 0.450. The molecule has 1 aliphatic rings. The predicted octanol–water partition coefficient (Wildman–Crippen LogP) is 2.94. The lowest BCUT2D eigenvalue weighted by Gasteiger charge is -2.31. The summed E-state index contributed by atoms with van der Waals surface area (Å²) < 4.78 is 19.3. The van der Waals surface area contributed by atoms with Crippen molar-refractivity contribution in [2.45, 2.75) is 18.9 Å². The van der Waals surface area contributed by atoms with E-state index in [0.29, 0.717) is 12.2 Å². The van der Waals surface area contributed by atoms with Crippen LogP contribution >= 0.6 is 11.6 Å². The first kappa shape index (κ1) is 11.8. The highest BCUT2D eigenvalue weighted by atomic mass is 35.5. The molecule has 2 atom stereocenters. The lowest BCUT2D eigenvalue weighted by atomic mass is 9.90. The van der Waals surface area contributed by atoms with Crippen molar-refractivity contribution in [3.05, 3.63) is 34.6 Å². The Morgan fingerprint density at radius 3 is 3.06 bits per heavy atom. The summed E-state index contributed by atoms with van der Waals surface area (Å²) in [6.07, 6.45) is 1.38. The maximum absolute atomic E-state index is 13.8. The summed E-state index contributed by atoms with van der Waals surface area (Å²) in [5.74, 6) is -0.476. The van der Waals surface area contributed by atoms with E-state index in [9.17, 15) is 9.50 Å². The van der Waals surface area contributed by atoms with Crippen LogP contribution in [-0.4, -0.2) is 18.3 Å². The minimum absolute atomic E-state index is 0.0105. The van der Waals surface area contributed by atoms with E-state index >= 15 is 0 Å². The van der Waals surface area contributed by atoms with Crippen LogP contribution in [0.2, 0.25) is 5.02 Å². The van der Waals surface area contributed by atoms with Crippen molar-refractivity contribution >= 4 is 11.6 Å². The molecule has 0 radical (unpaired) electrons. The number of ether oxygens (including phenoxy) is 1.